The maximum atomic E-state index is 12.8. The third-order valence-corrected chi connectivity index (χ3v) is 3.91. The lowest BCUT2D eigenvalue weighted by molar-refractivity contribution is 0.0743. The van der Waals surface area contributed by atoms with E-state index in [4.69, 9.17) is 5.11 Å². The number of hydrogen-bond donors (Lipinski definition) is 1. The number of amides is 1. The number of nitrogens with zero attached hydrogens (tertiary/aromatic N) is 1. The third kappa shape index (κ3) is 3.65. The Labute approximate surface area is 127 Å². The van der Waals surface area contributed by atoms with Crippen LogP contribution in [0.25, 0.3) is 0 Å². The van der Waals surface area contributed by atoms with Crippen LogP contribution in [0.15, 0.2) is 18.2 Å². The molecule has 0 aromatic heterocycles. The summed E-state index contributed by atoms with van der Waals surface area (Å²) < 4.78 is 0. The molecule has 1 saturated heterocycles. The monoisotopic (exact) mass is 285 g/mol. The fourth-order valence-electron chi connectivity index (χ4n) is 2.90. The Balaban J connectivity index is 2.31. The van der Waals surface area contributed by atoms with Gasteiger partial charge in [-0.05, 0) is 43.9 Å². The van der Waals surface area contributed by atoms with Gasteiger partial charge in [0.15, 0.2) is 0 Å². The smallest absolute Gasteiger partial charge is 0.255 e. The van der Waals surface area contributed by atoms with Crippen LogP contribution in [0.5, 0.6) is 0 Å². The second kappa shape index (κ2) is 6.78. The Morgan fingerprint density at radius 2 is 2.19 bits per heavy atom. The number of aliphatic hydroxyl groups is 1. The summed E-state index contributed by atoms with van der Waals surface area (Å²) in [6.45, 7) is 7.14. The number of likely N-dealkylation sites (tertiary alicyclic amines) is 1. The van der Waals surface area contributed by atoms with Crippen molar-refractivity contribution in [2.24, 2.45) is 5.92 Å². The molecule has 1 aliphatic heterocycles. The van der Waals surface area contributed by atoms with Crippen molar-refractivity contribution in [2.75, 3.05) is 13.2 Å². The summed E-state index contributed by atoms with van der Waals surface area (Å²) in [5, 5.41) is 8.84. The van der Waals surface area contributed by atoms with E-state index < -0.39 is 0 Å². The number of aliphatic hydroxyl groups excluding tert-OH is 1. The molecule has 1 fully saturated rings. The summed E-state index contributed by atoms with van der Waals surface area (Å²) >= 11 is 0. The average Bonchev–Trinajstić information content (AvgIpc) is 2.77. The van der Waals surface area contributed by atoms with Crippen molar-refractivity contribution in [2.45, 2.75) is 39.7 Å². The molecule has 1 aromatic rings. The van der Waals surface area contributed by atoms with Gasteiger partial charge in [0.25, 0.3) is 5.91 Å². The molecule has 2 atom stereocenters. The zero-order valence-electron chi connectivity index (χ0n) is 13.0. The predicted molar refractivity (Wildman–Crippen MR) is 84.0 cm³/mol. The maximum Gasteiger partial charge on any atom is 0.255 e. The van der Waals surface area contributed by atoms with Gasteiger partial charge in [0.1, 0.15) is 0 Å². The molecule has 2 rings (SSSR count). The summed E-state index contributed by atoms with van der Waals surface area (Å²) in [6.07, 6.45) is 1.49. The van der Waals surface area contributed by atoms with Crippen LogP contribution >= 0.6 is 0 Å². The highest BCUT2D eigenvalue weighted by molar-refractivity contribution is 5.97. The summed E-state index contributed by atoms with van der Waals surface area (Å²) in [6, 6.07) is 6.05. The first-order valence-electron chi connectivity index (χ1n) is 7.54. The molecule has 1 amide bonds. The zero-order chi connectivity index (χ0) is 15.4. The van der Waals surface area contributed by atoms with Crippen LogP contribution in [-0.2, 0) is 0 Å². The Morgan fingerprint density at radius 1 is 1.43 bits per heavy atom. The molecule has 0 radical (unpaired) electrons. The van der Waals surface area contributed by atoms with Crippen molar-refractivity contribution >= 4 is 5.91 Å². The van der Waals surface area contributed by atoms with Crippen molar-refractivity contribution in [1.29, 1.82) is 0 Å². The van der Waals surface area contributed by atoms with E-state index in [0.29, 0.717) is 17.9 Å². The van der Waals surface area contributed by atoms with E-state index in [2.05, 4.69) is 25.7 Å². The third-order valence-electron chi connectivity index (χ3n) is 3.91. The van der Waals surface area contributed by atoms with Crippen LogP contribution in [0.2, 0.25) is 0 Å². The van der Waals surface area contributed by atoms with E-state index >= 15 is 0 Å². The molecule has 0 aliphatic carbocycles. The van der Waals surface area contributed by atoms with E-state index in [-0.39, 0.29) is 18.6 Å². The van der Waals surface area contributed by atoms with Crippen LogP contribution in [0.1, 0.15) is 48.2 Å². The molecule has 21 heavy (non-hydrogen) atoms. The van der Waals surface area contributed by atoms with Crippen molar-refractivity contribution in [3.8, 4) is 11.8 Å². The molecule has 0 spiro atoms. The lowest BCUT2D eigenvalue weighted by atomic mass is 10.0. The number of carbonyl (C=O) groups is 1. The van der Waals surface area contributed by atoms with Crippen molar-refractivity contribution in [3.63, 3.8) is 0 Å². The van der Waals surface area contributed by atoms with E-state index in [9.17, 15) is 4.79 Å². The molecule has 3 heteroatoms. The van der Waals surface area contributed by atoms with Gasteiger partial charge in [0, 0.05) is 24.6 Å². The van der Waals surface area contributed by atoms with Gasteiger partial charge in [-0.2, -0.15) is 0 Å². The normalized spacial score (nSPS) is 21.0. The average molecular weight is 285 g/mol. The van der Waals surface area contributed by atoms with Crippen LogP contribution in [0, 0.1) is 24.7 Å². The highest BCUT2D eigenvalue weighted by Gasteiger charge is 2.31. The molecule has 0 bridgehead atoms. The maximum absolute atomic E-state index is 12.8. The molecular formula is C18H23NO2. The number of aryl methyl sites for hydroxylation is 1. The first kappa shape index (κ1) is 15.6. The van der Waals surface area contributed by atoms with Gasteiger partial charge in [-0.25, -0.2) is 0 Å². The molecule has 3 nitrogen and oxygen atoms in total. The Bertz CT molecular complexity index is 583. The zero-order valence-corrected chi connectivity index (χ0v) is 13.0. The lowest BCUT2D eigenvalue weighted by Gasteiger charge is -2.22. The van der Waals surface area contributed by atoms with Crippen LogP contribution in [-0.4, -0.2) is 35.1 Å². The van der Waals surface area contributed by atoms with Crippen LogP contribution in [0.4, 0.5) is 0 Å². The minimum absolute atomic E-state index is 0.0444. The van der Waals surface area contributed by atoms with Crippen LogP contribution in [0.3, 0.4) is 0 Å². The first-order chi connectivity index (χ1) is 10.0. The van der Waals surface area contributed by atoms with Crippen molar-refractivity contribution in [3.05, 3.63) is 34.9 Å². The number of hydrogen-bond acceptors (Lipinski definition) is 2. The quantitative estimate of drug-likeness (QED) is 0.849. The second-order valence-electron chi connectivity index (χ2n) is 5.97. The summed E-state index contributed by atoms with van der Waals surface area (Å²) in [4.78, 5) is 14.7. The van der Waals surface area contributed by atoms with Gasteiger partial charge < -0.3 is 10.0 Å². The Morgan fingerprint density at radius 3 is 2.81 bits per heavy atom. The van der Waals surface area contributed by atoms with Gasteiger partial charge in [0.2, 0.25) is 0 Å². The predicted octanol–water partition coefficient (Wildman–Crippen LogP) is 2.60. The Kier molecular flexibility index (Phi) is 5.03. The Hall–Kier alpha value is -1.79. The minimum Gasteiger partial charge on any atom is -0.395 e. The number of carbonyl (C=O) groups excluding carboxylic acids is 1. The van der Waals surface area contributed by atoms with Crippen molar-refractivity contribution in [1.82, 2.24) is 4.90 Å². The molecule has 1 heterocycles. The fraction of sp³-hybridized carbons (Fsp3) is 0.500. The van der Waals surface area contributed by atoms with Gasteiger partial charge in [-0.15, -0.1) is 0 Å². The SMILES string of the molecule is Cc1ccc(C(=O)N2CC(C)CC2C)c(C#CCCO)c1. The molecule has 112 valence electrons. The number of rotatable bonds is 2. The van der Waals surface area contributed by atoms with Crippen molar-refractivity contribution < 1.29 is 9.90 Å². The molecule has 2 unspecified atom stereocenters. The van der Waals surface area contributed by atoms with Gasteiger partial charge >= 0.3 is 0 Å². The highest BCUT2D eigenvalue weighted by atomic mass is 16.2. The van der Waals surface area contributed by atoms with Gasteiger partial charge in [-0.3, -0.25) is 4.79 Å². The first-order valence-corrected chi connectivity index (χ1v) is 7.54. The summed E-state index contributed by atoms with van der Waals surface area (Å²) in [5.41, 5.74) is 2.52. The van der Waals surface area contributed by atoms with E-state index in [1.54, 1.807) is 0 Å². The lowest BCUT2D eigenvalue weighted by Crippen LogP contribution is -2.34. The minimum atomic E-state index is 0.0444. The topological polar surface area (TPSA) is 40.5 Å². The van der Waals surface area contributed by atoms with E-state index in [1.807, 2.05) is 30.0 Å². The molecular weight excluding hydrogens is 262 g/mol. The van der Waals surface area contributed by atoms with Gasteiger partial charge in [-0.1, -0.05) is 24.8 Å². The number of benzene rings is 1. The standard InChI is InChI=1S/C18H23NO2/c1-13-7-8-17(16(11-13)6-4-5-9-20)18(21)19-12-14(2)10-15(19)3/h7-8,11,14-15,20H,5,9-10,12H2,1-3H3. The largest absolute Gasteiger partial charge is 0.395 e. The summed E-state index contributed by atoms with van der Waals surface area (Å²) in [5.74, 6) is 6.57. The van der Waals surface area contributed by atoms with E-state index in [1.165, 1.54) is 0 Å². The fourth-order valence-corrected chi connectivity index (χ4v) is 2.90. The van der Waals surface area contributed by atoms with E-state index in [0.717, 1.165) is 24.1 Å². The van der Waals surface area contributed by atoms with Gasteiger partial charge in [0.05, 0.1) is 12.2 Å². The summed E-state index contributed by atoms with van der Waals surface area (Å²) in [7, 11) is 0. The highest BCUT2D eigenvalue weighted by Crippen LogP contribution is 2.25. The second-order valence-corrected chi connectivity index (χ2v) is 5.97. The molecule has 0 saturated carbocycles. The molecule has 1 aromatic carbocycles. The molecule has 1 N–H and O–H groups in total. The van der Waals surface area contributed by atoms with Crippen LogP contribution < -0.4 is 0 Å². The molecule has 1 aliphatic rings.